The SMILES string of the molecule is CC1Cc2cc(Br)c(OC(=O)OC(C)(C)C)c(C(=O)OC(C)(C)C)c2O1. The molecule has 1 unspecified atom stereocenters. The van der Waals surface area contributed by atoms with Gasteiger partial charge in [-0.2, -0.15) is 0 Å². The van der Waals surface area contributed by atoms with Crippen LogP contribution in [0.4, 0.5) is 4.79 Å². The Kier molecular flexibility index (Phi) is 5.61. The monoisotopic (exact) mass is 428 g/mol. The van der Waals surface area contributed by atoms with Gasteiger partial charge in [-0.1, -0.05) is 0 Å². The largest absolute Gasteiger partial charge is 0.514 e. The smallest absolute Gasteiger partial charge is 0.489 e. The number of fused-ring (bicyclic) bond motifs is 1. The molecule has 1 heterocycles. The lowest BCUT2D eigenvalue weighted by molar-refractivity contribution is 0.00566. The molecular formula is C19H25BrO6. The average Bonchev–Trinajstić information content (AvgIpc) is 2.74. The van der Waals surface area contributed by atoms with Crippen LogP contribution in [-0.4, -0.2) is 29.4 Å². The summed E-state index contributed by atoms with van der Waals surface area (Å²) in [7, 11) is 0. The van der Waals surface area contributed by atoms with Gasteiger partial charge in [-0.15, -0.1) is 0 Å². The molecule has 0 spiro atoms. The lowest BCUT2D eigenvalue weighted by Crippen LogP contribution is -2.28. The van der Waals surface area contributed by atoms with Crippen LogP contribution >= 0.6 is 15.9 Å². The summed E-state index contributed by atoms with van der Waals surface area (Å²) >= 11 is 3.38. The molecule has 144 valence electrons. The minimum Gasteiger partial charge on any atom is -0.489 e. The Bertz CT molecular complexity index is 727. The van der Waals surface area contributed by atoms with Crippen LogP contribution in [0.5, 0.6) is 11.5 Å². The molecule has 2 rings (SSSR count). The van der Waals surface area contributed by atoms with Gasteiger partial charge in [-0.3, -0.25) is 0 Å². The third kappa shape index (κ3) is 5.13. The topological polar surface area (TPSA) is 71.1 Å². The molecule has 0 aromatic heterocycles. The van der Waals surface area contributed by atoms with Crippen molar-refractivity contribution in [3.63, 3.8) is 0 Å². The van der Waals surface area contributed by atoms with Gasteiger partial charge in [-0.25, -0.2) is 9.59 Å². The van der Waals surface area contributed by atoms with Crippen LogP contribution in [-0.2, 0) is 15.9 Å². The number of carbonyl (C=O) groups is 2. The summed E-state index contributed by atoms with van der Waals surface area (Å²) < 4.78 is 22.3. The van der Waals surface area contributed by atoms with Crippen molar-refractivity contribution < 1.29 is 28.5 Å². The van der Waals surface area contributed by atoms with E-state index in [0.717, 1.165) is 5.56 Å². The lowest BCUT2D eigenvalue weighted by Gasteiger charge is -2.23. The van der Waals surface area contributed by atoms with Gasteiger partial charge in [0.25, 0.3) is 0 Å². The van der Waals surface area contributed by atoms with E-state index < -0.39 is 23.3 Å². The molecule has 0 radical (unpaired) electrons. The van der Waals surface area contributed by atoms with Gasteiger partial charge in [0.15, 0.2) is 5.75 Å². The number of carbonyl (C=O) groups excluding carboxylic acids is 2. The number of halogens is 1. The zero-order valence-electron chi connectivity index (χ0n) is 16.2. The predicted octanol–water partition coefficient (Wildman–Crippen LogP) is 5.04. The minimum absolute atomic E-state index is 0.0290. The van der Waals surface area contributed by atoms with Gasteiger partial charge in [0.05, 0.1) is 4.47 Å². The van der Waals surface area contributed by atoms with E-state index in [0.29, 0.717) is 16.6 Å². The summed E-state index contributed by atoms with van der Waals surface area (Å²) in [4.78, 5) is 25.0. The zero-order valence-corrected chi connectivity index (χ0v) is 17.8. The maximum Gasteiger partial charge on any atom is 0.514 e. The molecule has 0 amide bonds. The van der Waals surface area contributed by atoms with Gasteiger partial charge in [0, 0.05) is 12.0 Å². The van der Waals surface area contributed by atoms with Gasteiger partial charge in [0.1, 0.15) is 28.6 Å². The van der Waals surface area contributed by atoms with Crippen molar-refractivity contribution in [1.29, 1.82) is 0 Å². The van der Waals surface area contributed by atoms with Crippen LogP contribution in [0.1, 0.15) is 64.4 Å². The molecule has 1 aromatic carbocycles. The number of ether oxygens (including phenoxy) is 4. The first-order valence-corrected chi connectivity index (χ1v) is 9.22. The van der Waals surface area contributed by atoms with Crippen LogP contribution in [0.2, 0.25) is 0 Å². The van der Waals surface area contributed by atoms with Crippen LogP contribution in [0.15, 0.2) is 10.5 Å². The first-order chi connectivity index (χ1) is 11.8. The third-order valence-electron chi connectivity index (χ3n) is 3.27. The molecular weight excluding hydrogens is 404 g/mol. The van der Waals surface area contributed by atoms with Crippen molar-refractivity contribution in [3.8, 4) is 11.5 Å². The minimum atomic E-state index is -0.908. The summed E-state index contributed by atoms with van der Waals surface area (Å²) in [5.41, 5.74) is -0.502. The number of hydrogen-bond acceptors (Lipinski definition) is 6. The molecule has 0 bridgehead atoms. The quantitative estimate of drug-likeness (QED) is 0.485. The van der Waals surface area contributed by atoms with Gasteiger partial charge in [0.2, 0.25) is 0 Å². The highest BCUT2D eigenvalue weighted by atomic mass is 79.9. The van der Waals surface area contributed by atoms with Crippen molar-refractivity contribution >= 4 is 28.1 Å². The second-order valence-corrected chi connectivity index (χ2v) is 9.11. The maximum absolute atomic E-state index is 12.8. The standard InChI is InChI=1S/C19H25BrO6/c1-10-8-11-9-12(20)15(24-17(22)26-19(5,6)7)13(14(11)23-10)16(21)25-18(2,3)4/h9-10H,8H2,1-7H3. The van der Waals surface area contributed by atoms with E-state index >= 15 is 0 Å². The zero-order chi connectivity index (χ0) is 19.9. The fourth-order valence-corrected chi connectivity index (χ4v) is 3.03. The van der Waals surface area contributed by atoms with Crippen LogP contribution in [0.25, 0.3) is 0 Å². The molecule has 0 saturated heterocycles. The molecule has 1 aliphatic rings. The molecule has 6 nitrogen and oxygen atoms in total. The molecule has 0 fully saturated rings. The second kappa shape index (κ2) is 7.10. The third-order valence-corrected chi connectivity index (χ3v) is 3.86. The Hall–Kier alpha value is -1.76. The van der Waals surface area contributed by atoms with Gasteiger partial charge >= 0.3 is 12.1 Å². The van der Waals surface area contributed by atoms with Crippen LogP contribution in [0, 0.1) is 0 Å². The van der Waals surface area contributed by atoms with Crippen molar-refractivity contribution in [2.45, 2.75) is 72.2 Å². The van der Waals surface area contributed by atoms with Gasteiger partial charge in [-0.05, 0) is 70.5 Å². The van der Waals surface area contributed by atoms with Crippen LogP contribution in [0.3, 0.4) is 0 Å². The summed E-state index contributed by atoms with van der Waals surface area (Å²) in [5, 5.41) is 0. The Balaban J connectivity index is 2.48. The molecule has 1 aliphatic heterocycles. The number of esters is 1. The first-order valence-electron chi connectivity index (χ1n) is 8.43. The molecule has 7 heteroatoms. The Morgan fingerprint density at radius 3 is 2.23 bits per heavy atom. The highest BCUT2D eigenvalue weighted by molar-refractivity contribution is 9.10. The van der Waals surface area contributed by atoms with Gasteiger partial charge < -0.3 is 18.9 Å². The molecule has 1 atom stereocenters. The maximum atomic E-state index is 12.8. The van der Waals surface area contributed by atoms with Crippen molar-refractivity contribution in [3.05, 3.63) is 21.7 Å². The first kappa shape index (κ1) is 20.6. The Labute approximate surface area is 162 Å². The fourth-order valence-electron chi connectivity index (χ4n) is 2.47. The Morgan fingerprint density at radius 2 is 1.69 bits per heavy atom. The van der Waals surface area contributed by atoms with E-state index in [1.165, 1.54) is 0 Å². The molecule has 0 saturated carbocycles. The van der Waals surface area contributed by atoms with Crippen LogP contribution < -0.4 is 9.47 Å². The Morgan fingerprint density at radius 1 is 1.12 bits per heavy atom. The van der Waals surface area contributed by atoms with E-state index in [1.807, 2.05) is 6.92 Å². The van der Waals surface area contributed by atoms with Crippen molar-refractivity contribution in [2.75, 3.05) is 0 Å². The highest BCUT2D eigenvalue weighted by Gasteiger charge is 2.34. The fraction of sp³-hybridized carbons (Fsp3) is 0.579. The summed E-state index contributed by atoms with van der Waals surface area (Å²) in [6.45, 7) is 12.4. The molecule has 1 aromatic rings. The normalized spacial score (nSPS) is 16.5. The van der Waals surface area contributed by atoms with Crippen molar-refractivity contribution in [1.82, 2.24) is 0 Å². The summed E-state index contributed by atoms with van der Waals surface area (Å²) in [5.74, 6) is -0.211. The van der Waals surface area contributed by atoms with E-state index in [2.05, 4.69) is 15.9 Å². The van der Waals surface area contributed by atoms with E-state index in [9.17, 15) is 9.59 Å². The average molecular weight is 429 g/mol. The number of hydrogen-bond donors (Lipinski definition) is 0. The number of rotatable bonds is 2. The van der Waals surface area contributed by atoms with Crippen molar-refractivity contribution in [2.24, 2.45) is 0 Å². The summed E-state index contributed by atoms with van der Waals surface area (Å²) in [6, 6.07) is 1.78. The highest BCUT2D eigenvalue weighted by Crippen LogP contribution is 2.44. The van der Waals surface area contributed by atoms with E-state index in [1.54, 1.807) is 47.6 Å². The lowest BCUT2D eigenvalue weighted by atomic mass is 10.1. The predicted molar refractivity (Wildman–Crippen MR) is 100.0 cm³/mol. The number of benzene rings is 1. The molecule has 0 aliphatic carbocycles. The second-order valence-electron chi connectivity index (χ2n) is 8.25. The molecule has 0 N–H and O–H groups in total. The van der Waals surface area contributed by atoms with E-state index in [4.69, 9.17) is 18.9 Å². The summed E-state index contributed by atoms with van der Waals surface area (Å²) in [6.07, 6.45) is -0.347. The molecule has 26 heavy (non-hydrogen) atoms. The van der Waals surface area contributed by atoms with E-state index in [-0.39, 0.29) is 17.4 Å².